The van der Waals surface area contributed by atoms with Crippen molar-refractivity contribution in [3.8, 4) is 0 Å². The zero-order valence-corrected chi connectivity index (χ0v) is 16.0. The van der Waals surface area contributed by atoms with Gasteiger partial charge in [0.25, 0.3) is 5.91 Å². The van der Waals surface area contributed by atoms with E-state index in [2.05, 4.69) is 17.3 Å². The van der Waals surface area contributed by atoms with Gasteiger partial charge in [0.05, 0.1) is 5.69 Å². The summed E-state index contributed by atoms with van der Waals surface area (Å²) in [4.78, 5) is 12.7. The average Bonchev–Trinajstić information content (AvgIpc) is 2.94. The molecule has 25 heavy (non-hydrogen) atoms. The monoisotopic (exact) mass is 358 g/mol. The van der Waals surface area contributed by atoms with Gasteiger partial charge in [0.1, 0.15) is 5.69 Å². The molecule has 0 radical (unpaired) electrons. The van der Waals surface area contributed by atoms with Gasteiger partial charge in [-0.2, -0.15) is 5.10 Å². The van der Waals surface area contributed by atoms with E-state index in [-0.39, 0.29) is 5.91 Å². The third-order valence-corrected chi connectivity index (χ3v) is 5.18. The van der Waals surface area contributed by atoms with Crippen LogP contribution in [0.5, 0.6) is 0 Å². The van der Waals surface area contributed by atoms with Gasteiger partial charge in [-0.25, -0.2) is 0 Å². The number of nitrogens with one attached hydrogen (secondary N) is 1. The van der Waals surface area contributed by atoms with Crippen molar-refractivity contribution in [2.75, 3.05) is 6.54 Å². The molecule has 2 aromatic heterocycles. The number of aryl methyl sites for hydroxylation is 4. The first-order chi connectivity index (χ1) is 11.8. The standard InChI is InChI=1S/C19H23ClN4O/c1-11-16-10-14(20)6-7-17(16)23(4)18(11)19(25)21-9-8-15-12(2)22-24(5)13(15)3/h6-7,10H,8-9H2,1-5H3,(H,21,25). The first-order valence-corrected chi connectivity index (χ1v) is 8.71. The van der Waals surface area contributed by atoms with Crippen LogP contribution in [0.4, 0.5) is 0 Å². The summed E-state index contributed by atoms with van der Waals surface area (Å²) in [6.45, 7) is 6.59. The summed E-state index contributed by atoms with van der Waals surface area (Å²) in [6, 6.07) is 5.70. The highest BCUT2D eigenvalue weighted by molar-refractivity contribution is 6.31. The molecule has 0 fully saturated rings. The molecule has 0 saturated carbocycles. The highest BCUT2D eigenvalue weighted by atomic mass is 35.5. The lowest BCUT2D eigenvalue weighted by Crippen LogP contribution is -2.28. The Morgan fingerprint density at radius 2 is 1.96 bits per heavy atom. The van der Waals surface area contributed by atoms with Gasteiger partial charge in [-0.05, 0) is 56.5 Å². The van der Waals surface area contributed by atoms with E-state index in [1.807, 2.05) is 55.4 Å². The number of carbonyl (C=O) groups excluding carboxylic acids is 1. The largest absolute Gasteiger partial charge is 0.350 e. The summed E-state index contributed by atoms with van der Waals surface area (Å²) in [5.74, 6) is -0.0634. The Balaban J connectivity index is 1.79. The number of fused-ring (bicyclic) bond motifs is 1. The summed E-state index contributed by atoms with van der Waals surface area (Å²) in [7, 11) is 3.85. The molecule has 3 aromatic rings. The Hall–Kier alpha value is -2.27. The van der Waals surface area contributed by atoms with E-state index in [4.69, 9.17) is 11.6 Å². The van der Waals surface area contributed by atoms with Gasteiger partial charge in [-0.1, -0.05) is 11.6 Å². The second-order valence-electron chi connectivity index (χ2n) is 6.47. The molecule has 5 nitrogen and oxygen atoms in total. The zero-order valence-electron chi connectivity index (χ0n) is 15.3. The summed E-state index contributed by atoms with van der Waals surface area (Å²) in [5, 5.41) is 9.15. The quantitative estimate of drug-likeness (QED) is 0.776. The molecule has 0 aliphatic rings. The first-order valence-electron chi connectivity index (χ1n) is 8.33. The SMILES string of the molecule is Cc1nn(C)c(C)c1CCNC(=O)c1c(C)c2cc(Cl)ccc2n1C. The molecule has 0 spiro atoms. The predicted molar refractivity (Wildman–Crippen MR) is 101 cm³/mol. The van der Waals surface area contributed by atoms with Crippen LogP contribution in [-0.2, 0) is 20.5 Å². The minimum absolute atomic E-state index is 0.0634. The molecule has 0 aliphatic heterocycles. The van der Waals surface area contributed by atoms with Gasteiger partial charge in [-0.15, -0.1) is 0 Å². The highest BCUT2D eigenvalue weighted by Crippen LogP contribution is 2.27. The maximum atomic E-state index is 12.7. The Morgan fingerprint density at radius 3 is 2.60 bits per heavy atom. The lowest BCUT2D eigenvalue weighted by Gasteiger charge is -2.08. The molecule has 0 bridgehead atoms. The third kappa shape index (κ3) is 3.04. The molecule has 0 unspecified atom stereocenters. The van der Waals surface area contributed by atoms with Crippen molar-refractivity contribution in [1.82, 2.24) is 19.7 Å². The summed E-state index contributed by atoms with van der Waals surface area (Å²) >= 11 is 6.10. The van der Waals surface area contributed by atoms with Gasteiger partial charge < -0.3 is 9.88 Å². The van der Waals surface area contributed by atoms with E-state index < -0.39 is 0 Å². The number of aromatic nitrogens is 3. The maximum Gasteiger partial charge on any atom is 0.268 e. The van der Waals surface area contributed by atoms with Crippen LogP contribution >= 0.6 is 11.6 Å². The molecule has 1 aromatic carbocycles. The third-order valence-electron chi connectivity index (χ3n) is 4.95. The molecule has 6 heteroatoms. The highest BCUT2D eigenvalue weighted by Gasteiger charge is 2.18. The van der Waals surface area contributed by atoms with Crippen LogP contribution in [0.1, 0.15) is 33.0 Å². The Morgan fingerprint density at radius 1 is 1.24 bits per heavy atom. The van der Waals surface area contributed by atoms with Crippen LogP contribution in [0.25, 0.3) is 10.9 Å². The number of nitrogens with zero attached hydrogens (tertiary/aromatic N) is 3. The summed E-state index contributed by atoms with van der Waals surface area (Å²) in [5.41, 5.74) is 5.99. The van der Waals surface area contributed by atoms with Crippen LogP contribution in [0.15, 0.2) is 18.2 Å². The van der Waals surface area contributed by atoms with Crippen LogP contribution in [-0.4, -0.2) is 26.8 Å². The van der Waals surface area contributed by atoms with Crippen molar-refractivity contribution < 1.29 is 4.79 Å². The smallest absolute Gasteiger partial charge is 0.268 e. The van der Waals surface area contributed by atoms with Crippen LogP contribution in [0.3, 0.4) is 0 Å². The van der Waals surface area contributed by atoms with Crippen molar-refractivity contribution in [1.29, 1.82) is 0 Å². The number of halogens is 1. The van der Waals surface area contributed by atoms with Crippen LogP contribution < -0.4 is 5.32 Å². The Kier molecular flexibility index (Phi) is 4.60. The van der Waals surface area contributed by atoms with Crippen molar-refractivity contribution in [2.45, 2.75) is 27.2 Å². The second kappa shape index (κ2) is 6.56. The molecule has 132 valence electrons. The molecule has 0 saturated heterocycles. The van der Waals surface area contributed by atoms with Crippen LogP contribution in [0, 0.1) is 20.8 Å². The maximum absolute atomic E-state index is 12.7. The fraction of sp³-hybridized carbons (Fsp3) is 0.368. The molecular weight excluding hydrogens is 336 g/mol. The fourth-order valence-electron chi connectivity index (χ4n) is 3.49. The van der Waals surface area contributed by atoms with E-state index in [1.165, 1.54) is 5.56 Å². The average molecular weight is 359 g/mol. The van der Waals surface area contributed by atoms with Crippen molar-refractivity contribution in [3.05, 3.63) is 51.4 Å². The number of amides is 1. The van der Waals surface area contributed by atoms with E-state index >= 15 is 0 Å². The number of hydrogen-bond acceptors (Lipinski definition) is 2. The van der Waals surface area contributed by atoms with Crippen molar-refractivity contribution in [3.63, 3.8) is 0 Å². The fourth-order valence-corrected chi connectivity index (χ4v) is 3.66. The van der Waals surface area contributed by atoms with Gasteiger partial charge in [-0.3, -0.25) is 9.48 Å². The molecule has 1 N–H and O–H groups in total. The first kappa shape index (κ1) is 17.5. The molecule has 2 heterocycles. The van der Waals surface area contributed by atoms with Crippen molar-refractivity contribution >= 4 is 28.4 Å². The van der Waals surface area contributed by atoms with E-state index in [1.54, 1.807) is 0 Å². The van der Waals surface area contributed by atoms with E-state index in [9.17, 15) is 4.79 Å². The molecule has 1 amide bonds. The molecular formula is C19H23ClN4O. The summed E-state index contributed by atoms with van der Waals surface area (Å²) in [6.07, 6.45) is 0.770. The van der Waals surface area contributed by atoms with Gasteiger partial charge in [0.2, 0.25) is 0 Å². The van der Waals surface area contributed by atoms with Crippen molar-refractivity contribution in [2.24, 2.45) is 14.1 Å². The molecule has 3 rings (SSSR count). The van der Waals surface area contributed by atoms with E-state index in [0.717, 1.165) is 34.3 Å². The Bertz CT molecular complexity index is 968. The second-order valence-corrected chi connectivity index (χ2v) is 6.91. The zero-order chi connectivity index (χ0) is 18.3. The van der Waals surface area contributed by atoms with Gasteiger partial charge in [0.15, 0.2) is 0 Å². The number of benzene rings is 1. The Labute approximate surface area is 152 Å². The number of carbonyl (C=O) groups is 1. The molecule has 0 atom stereocenters. The van der Waals surface area contributed by atoms with E-state index in [0.29, 0.717) is 17.3 Å². The predicted octanol–water partition coefficient (Wildman–Crippen LogP) is 3.46. The number of rotatable bonds is 4. The van der Waals surface area contributed by atoms with Gasteiger partial charge in [0, 0.05) is 42.3 Å². The van der Waals surface area contributed by atoms with Crippen LogP contribution in [0.2, 0.25) is 5.02 Å². The minimum Gasteiger partial charge on any atom is -0.350 e. The lowest BCUT2D eigenvalue weighted by atomic mass is 10.1. The molecule has 0 aliphatic carbocycles. The topological polar surface area (TPSA) is 51.9 Å². The lowest BCUT2D eigenvalue weighted by molar-refractivity contribution is 0.0945. The summed E-state index contributed by atoms with van der Waals surface area (Å²) < 4.78 is 3.81. The number of hydrogen-bond donors (Lipinski definition) is 1. The normalized spacial score (nSPS) is 11.3. The minimum atomic E-state index is -0.0634. The van der Waals surface area contributed by atoms with Gasteiger partial charge >= 0.3 is 0 Å².